The molecule has 1 unspecified atom stereocenters. The van der Waals surface area contributed by atoms with E-state index in [4.69, 9.17) is 4.74 Å². The number of benzene rings is 1. The van der Waals surface area contributed by atoms with E-state index < -0.39 is 0 Å². The zero-order valence-electron chi connectivity index (χ0n) is 10.9. The Morgan fingerprint density at radius 1 is 1.44 bits per heavy atom. The largest absolute Gasteiger partial charge is 0.504 e. The van der Waals surface area contributed by atoms with Crippen molar-refractivity contribution in [1.82, 2.24) is 4.90 Å². The summed E-state index contributed by atoms with van der Waals surface area (Å²) in [7, 11) is 2.23. The van der Waals surface area contributed by atoms with Crippen molar-refractivity contribution in [2.45, 2.75) is 31.2 Å². The number of fused-ring (bicyclic) bond motifs is 1. The molecular weight excluding hydrogens is 226 g/mol. The van der Waals surface area contributed by atoms with Crippen LogP contribution in [0.3, 0.4) is 0 Å². The number of rotatable bonds is 0. The van der Waals surface area contributed by atoms with Gasteiger partial charge in [-0.1, -0.05) is 13.0 Å². The maximum Gasteiger partial charge on any atom is 0.165 e. The quantitative estimate of drug-likeness (QED) is 0.758. The molecule has 3 aliphatic rings. The first kappa shape index (κ1) is 10.7. The van der Waals surface area contributed by atoms with Gasteiger partial charge in [0, 0.05) is 17.0 Å². The Bertz CT molecular complexity index is 527. The van der Waals surface area contributed by atoms with Crippen LogP contribution in [0.4, 0.5) is 0 Å². The van der Waals surface area contributed by atoms with E-state index in [1.54, 1.807) is 6.07 Å². The lowest BCUT2D eigenvalue weighted by Gasteiger charge is -2.52. The first-order chi connectivity index (χ1) is 8.63. The minimum absolute atomic E-state index is 0.152. The second-order valence-electron chi connectivity index (χ2n) is 6.18. The van der Waals surface area contributed by atoms with Crippen LogP contribution in [0.25, 0.3) is 0 Å². The molecule has 3 nitrogen and oxygen atoms in total. The Balaban J connectivity index is 1.98. The molecule has 96 valence electrons. The van der Waals surface area contributed by atoms with Crippen molar-refractivity contribution >= 4 is 0 Å². The lowest BCUT2D eigenvalue weighted by molar-refractivity contribution is 0.0314. The third kappa shape index (κ3) is 1.05. The summed E-state index contributed by atoms with van der Waals surface area (Å²) < 4.78 is 5.87. The number of hydrogen-bond acceptors (Lipinski definition) is 3. The van der Waals surface area contributed by atoms with Gasteiger partial charge in [0.2, 0.25) is 0 Å². The van der Waals surface area contributed by atoms with Crippen LogP contribution in [0.2, 0.25) is 0 Å². The normalized spacial score (nSPS) is 37.2. The van der Waals surface area contributed by atoms with Crippen LogP contribution >= 0.6 is 0 Å². The molecule has 1 saturated heterocycles. The van der Waals surface area contributed by atoms with E-state index in [0.29, 0.717) is 17.7 Å². The summed E-state index contributed by atoms with van der Waals surface area (Å²) in [4.78, 5) is 2.49. The number of likely N-dealkylation sites (N-methyl/N-ethyl adjacent to an activating group) is 1. The fourth-order valence-corrected chi connectivity index (χ4v) is 4.38. The predicted octanol–water partition coefficient (Wildman–Crippen LogP) is 1.92. The van der Waals surface area contributed by atoms with E-state index in [-0.39, 0.29) is 5.41 Å². The van der Waals surface area contributed by atoms with Crippen molar-refractivity contribution < 1.29 is 9.84 Å². The molecule has 0 aromatic heterocycles. The van der Waals surface area contributed by atoms with Crippen LogP contribution in [-0.2, 0) is 11.8 Å². The zero-order chi connectivity index (χ0) is 12.5. The van der Waals surface area contributed by atoms with E-state index >= 15 is 0 Å². The van der Waals surface area contributed by atoms with Gasteiger partial charge in [-0.3, -0.25) is 0 Å². The fourth-order valence-electron chi connectivity index (χ4n) is 4.38. The minimum Gasteiger partial charge on any atom is -0.504 e. The topological polar surface area (TPSA) is 32.7 Å². The second kappa shape index (κ2) is 3.21. The summed E-state index contributed by atoms with van der Waals surface area (Å²) in [5, 5.41) is 9.99. The molecule has 1 aliphatic carbocycles. The molecule has 3 heteroatoms. The lowest BCUT2D eigenvalue weighted by atomic mass is 9.59. The van der Waals surface area contributed by atoms with Gasteiger partial charge in [0.1, 0.15) is 0 Å². The second-order valence-corrected chi connectivity index (χ2v) is 6.18. The lowest BCUT2D eigenvalue weighted by Crippen LogP contribution is -2.58. The van der Waals surface area contributed by atoms with Crippen LogP contribution in [0, 0.1) is 5.92 Å². The Morgan fingerprint density at radius 3 is 3.11 bits per heavy atom. The fraction of sp³-hybridized carbons (Fsp3) is 0.600. The van der Waals surface area contributed by atoms with Crippen molar-refractivity contribution in [3.63, 3.8) is 0 Å². The van der Waals surface area contributed by atoms with Gasteiger partial charge < -0.3 is 14.7 Å². The van der Waals surface area contributed by atoms with Gasteiger partial charge in [-0.15, -0.1) is 0 Å². The van der Waals surface area contributed by atoms with Gasteiger partial charge in [0.15, 0.2) is 11.5 Å². The molecule has 3 atom stereocenters. The number of piperidine rings is 1. The van der Waals surface area contributed by atoms with E-state index in [0.717, 1.165) is 31.7 Å². The first-order valence-corrected chi connectivity index (χ1v) is 6.82. The molecule has 1 fully saturated rings. The SMILES string of the molecule is C[C@H]1C2Cc3ccc(O)c4c3[C@@]1(CCN2C)CO4. The Kier molecular flexibility index (Phi) is 1.90. The third-order valence-corrected chi connectivity index (χ3v) is 5.55. The monoisotopic (exact) mass is 245 g/mol. The molecular formula is C15H19NO2. The summed E-state index contributed by atoms with van der Waals surface area (Å²) in [5.41, 5.74) is 2.85. The summed E-state index contributed by atoms with van der Waals surface area (Å²) in [6, 6.07) is 4.50. The van der Waals surface area contributed by atoms with Crippen LogP contribution in [0.5, 0.6) is 11.5 Å². The maximum absolute atomic E-state index is 9.99. The van der Waals surface area contributed by atoms with E-state index in [2.05, 4.69) is 24.9 Å². The maximum atomic E-state index is 9.99. The highest BCUT2D eigenvalue weighted by Crippen LogP contribution is 2.57. The number of aromatic hydroxyl groups is 1. The molecule has 1 aromatic carbocycles. The van der Waals surface area contributed by atoms with Crippen molar-refractivity contribution in [2.24, 2.45) is 5.92 Å². The molecule has 18 heavy (non-hydrogen) atoms. The number of nitrogens with zero attached hydrogens (tertiary/aromatic N) is 1. The molecule has 2 heterocycles. The molecule has 1 N–H and O–H groups in total. The van der Waals surface area contributed by atoms with E-state index in [9.17, 15) is 5.11 Å². The van der Waals surface area contributed by atoms with E-state index in [1.165, 1.54) is 11.1 Å². The number of ether oxygens (including phenoxy) is 1. The standard InChI is InChI=1S/C15H19NO2/c1-9-11-7-10-3-4-12(17)14-13(10)15(9,8-18-14)5-6-16(11)2/h3-4,9,11,17H,5-8H2,1-2H3/t9-,11?,15-/m0/s1. The minimum atomic E-state index is 0.152. The van der Waals surface area contributed by atoms with Gasteiger partial charge in [-0.25, -0.2) is 0 Å². The highest BCUT2D eigenvalue weighted by molar-refractivity contribution is 5.58. The van der Waals surface area contributed by atoms with Crippen LogP contribution in [-0.4, -0.2) is 36.2 Å². The summed E-state index contributed by atoms with van der Waals surface area (Å²) in [6.07, 6.45) is 2.23. The first-order valence-electron chi connectivity index (χ1n) is 6.82. The molecule has 0 amide bonds. The molecule has 0 radical (unpaired) electrons. The van der Waals surface area contributed by atoms with Crippen molar-refractivity contribution in [1.29, 1.82) is 0 Å². The summed E-state index contributed by atoms with van der Waals surface area (Å²) in [6.45, 7) is 4.23. The Hall–Kier alpha value is -1.22. The molecule has 2 bridgehead atoms. The molecule has 0 saturated carbocycles. The summed E-state index contributed by atoms with van der Waals surface area (Å²) >= 11 is 0. The predicted molar refractivity (Wildman–Crippen MR) is 69.2 cm³/mol. The number of phenolic OH excluding ortho intramolecular Hbond substituents is 1. The number of phenols is 1. The smallest absolute Gasteiger partial charge is 0.165 e. The molecule has 4 rings (SSSR count). The van der Waals surface area contributed by atoms with Gasteiger partial charge in [0.05, 0.1) is 6.61 Å². The van der Waals surface area contributed by atoms with Crippen molar-refractivity contribution in [2.75, 3.05) is 20.2 Å². The van der Waals surface area contributed by atoms with Gasteiger partial charge >= 0.3 is 0 Å². The summed E-state index contributed by atoms with van der Waals surface area (Å²) in [5.74, 6) is 1.68. The highest BCUT2D eigenvalue weighted by atomic mass is 16.5. The number of hydrogen-bond donors (Lipinski definition) is 1. The van der Waals surface area contributed by atoms with Gasteiger partial charge in [-0.2, -0.15) is 0 Å². The Labute approximate surface area is 107 Å². The van der Waals surface area contributed by atoms with E-state index in [1.807, 2.05) is 0 Å². The van der Waals surface area contributed by atoms with Crippen LogP contribution in [0.15, 0.2) is 12.1 Å². The van der Waals surface area contributed by atoms with Crippen molar-refractivity contribution in [3.05, 3.63) is 23.3 Å². The van der Waals surface area contributed by atoms with Gasteiger partial charge in [0.25, 0.3) is 0 Å². The van der Waals surface area contributed by atoms with Crippen molar-refractivity contribution in [3.8, 4) is 11.5 Å². The van der Waals surface area contributed by atoms with Crippen LogP contribution in [0.1, 0.15) is 24.5 Å². The Morgan fingerprint density at radius 2 is 2.28 bits per heavy atom. The highest BCUT2D eigenvalue weighted by Gasteiger charge is 2.55. The molecule has 1 aromatic rings. The molecule has 2 aliphatic heterocycles. The number of likely N-dealkylation sites (tertiary alicyclic amines) is 1. The molecule has 1 spiro atoms. The average molecular weight is 245 g/mol. The van der Waals surface area contributed by atoms with Gasteiger partial charge in [-0.05, 0) is 44.0 Å². The average Bonchev–Trinajstić information content (AvgIpc) is 2.74. The third-order valence-electron chi connectivity index (χ3n) is 5.55. The zero-order valence-corrected chi connectivity index (χ0v) is 10.9. The van der Waals surface area contributed by atoms with Crippen LogP contribution < -0.4 is 4.74 Å².